The number of hydrogen-bond acceptors (Lipinski definition) is 5. The lowest BCUT2D eigenvalue weighted by Crippen LogP contribution is -2.40. The van der Waals surface area contributed by atoms with Crippen molar-refractivity contribution >= 4 is 40.7 Å². The Morgan fingerprint density at radius 2 is 1.93 bits per heavy atom. The first-order valence-electron chi connectivity index (χ1n) is 8.98. The van der Waals surface area contributed by atoms with Gasteiger partial charge in [0.2, 0.25) is 6.79 Å². The molecule has 1 aliphatic rings. The van der Waals surface area contributed by atoms with Crippen molar-refractivity contribution in [1.29, 1.82) is 0 Å². The molecule has 0 radical (unpaired) electrons. The number of nitrogens with zero attached hydrogens (tertiary/aromatic N) is 1. The molecule has 0 saturated heterocycles. The van der Waals surface area contributed by atoms with Gasteiger partial charge in [-0.05, 0) is 33.8 Å². The Morgan fingerprint density at radius 1 is 1.28 bits per heavy atom. The number of hydrogen-bond donors (Lipinski definition) is 2. The number of rotatable bonds is 8. The van der Waals surface area contributed by atoms with Crippen LogP contribution in [-0.2, 0) is 17.3 Å². The van der Waals surface area contributed by atoms with Crippen LogP contribution in [0.3, 0.4) is 0 Å². The number of nitrogens with one attached hydrogen (secondary N) is 2. The lowest BCUT2D eigenvalue weighted by molar-refractivity contribution is -0.0505. The van der Waals surface area contributed by atoms with Crippen molar-refractivity contribution in [1.82, 2.24) is 10.6 Å². The van der Waals surface area contributed by atoms with E-state index in [0.29, 0.717) is 41.9 Å². The van der Waals surface area contributed by atoms with Gasteiger partial charge in [0.15, 0.2) is 17.5 Å². The molecule has 0 bridgehead atoms. The third-order valence-corrected chi connectivity index (χ3v) is 5.73. The number of guanidine groups is 1. The fourth-order valence-corrected chi connectivity index (χ4v) is 3.27. The number of halogens is 3. The summed E-state index contributed by atoms with van der Waals surface area (Å²) in [5, 5.41) is 6.18. The van der Waals surface area contributed by atoms with Gasteiger partial charge in [-0.25, -0.2) is 4.99 Å². The molecule has 0 amide bonds. The molecular weight excluding hydrogens is 519 g/mol. The van der Waals surface area contributed by atoms with Crippen LogP contribution in [0.15, 0.2) is 17.1 Å². The molecule has 0 aromatic heterocycles. The molecule has 0 spiro atoms. The molecule has 1 aromatic carbocycles. The van der Waals surface area contributed by atoms with Crippen molar-refractivity contribution < 1.29 is 27.2 Å². The number of fused-ring (bicyclic) bond motifs is 1. The van der Waals surface area contributed by atoms with E-state index in [4.69, 9.17) is 9.47 Å². The minimum atomic E-state index is -2.96. The number of ether oxygens (including phenoxy) is 3. The van der Waals surface area contributed by atoms with Gasteiger partial charge >= 0.3 is 6.61 Å². The maximum atomic E-state index is 12.7. The average molecular weight is 547 g/mol. The molecule has 0 aliphatic carbocycles. The van der Waals surface area contributed by atoms with Crippen molar-refractivity contribution in [2.24, 2.45) is 4.99 Å². The van der Waals surface area contributed by atoms with E-state index in [9.17, 15) is 13.0 Å². The maximum Gasteiger partial charge on any atom is 0.387 e. The minimum Gasteiger partial charge on any atom is -0.454 e. The molecular formula is C18H28F2IN3O4S. The van der Waals surface area contributed by atoms with Gasteiger partial charge in [-0.2, -0.15) is 8.78 Å². The zero-order valence-electron chi connectivity index (χ0n) is 16.9. The first-order valence-corrected chi connectivity index (χ1v) is 10.3. The predicted octanol–water partition coefficient (Wildman–Crippen LogP) is 3.24. The lowest BCUT2D eigenvalue weighted by atomic mass is 10.1. The van der Waals surface area contributed by atoms with E-state index < -0.39 is 17.4 Å². The van der Waals surface area contributed by atoms with E-state index in [1.807, 2.05) is 27.7 Å². The maximum absolute atomic E-state index is 12.7. The van der Waals surface area contributed by atoms with Crippen LogP contribution in [-0.4, -0.2) is 47.2 Å². The summed E-state index contributed by atoms with van der Waals surface area (Å²) in [4.78, 5) is 4.41. The molecule has 2 N–H and O–H groups in total. The highest BCUT2D eigenvalue weighted by Gasteiger charge is 2.20. The van der Waals surface area contributed by atoms with Crippen molar-refractivity contribution in [2.45, 2.75) is 45.6 Å². The Labute approximate surface area is 189 Å². The zero-order valence-corrected chi connectivity index (χ0v) is 20.1. The zero-order chi connectivity index (χ0) is 20.7. The smallest absolute Gasteiger partial charge is 0.387 e. The Kier molecular flexibility index (Phi) is 10.4. The molecule has 1 atom stereocenters. The van der Waals surface area contributed by atoms with Crippen LogP contribution in [0.1, 0.15) is 33.3 Å². The Balaban J connectivity index is 0.00000420. The van der Waals surface area contributed by atoms with E-state index in [1.165, 1.54) is 6.07 Å². The lowest BCUT2D eigenvalue weighted by Gasteiger charge is -2.18. The van der Waals surface area contributed by atoms with Gasteiger partial charge in [-0.15, -0.1) is 24.0 Å². The number of alkyl halides is 2. The molecule has 166 valence electrons. The third-order valence-electron chi connectivity index (χ3n) is 3.79. The highest BCUT2D eigenvalue weighted by Crippen LogP contribution is 2.39. The molecule has 1 aromatic rings. The highest BCUT2D eigenvalue weighted by molar-refractivity contribution is 14.0. The summed E-state index contributed by atoms with van der Waals surface area (Å²) in [7, 11) is -0.987. The van der Waals surface area contributed by atoms with E-state index in [0.717, 1.165) is 0 Å². The second kappa shape index (κ2) is 11.7. The summed E-state index contributed by atoms with van der Waals surface area (Å²) in [5.74, 6) is 1.78. The summed E-state index contributed by atoms with van der Waals surface area (Å²) in [6.07, 6.45) is 0. The molecule has 1 unspecified atom stereocenters. The van der Waals surface area contributed by atoms with Gasteiger partial charge < -0.3 is 24.8 Å². The summed E-state index contributed by atoms with van der Waals surface area (Å²) in [6, 6.07) is 2.97. The normalized spacial score (nSPS) is 14.4. The second-order valence-corrected chi connectivity index (χ2v) is 9.30. The van der Waals surface area contributed by atoms with Gasteiger partial charge in [0.1, 0.15) is 5.75 Å². The van der Waals surface area contributed by atoms with Crippen molar-refractivity contribution in [3.05, 3.63) is 17.7 Å². The Morgan fingerprint density at radius 3 is 2.52 bits per heavy atom. The predicted molar refractivity (Wildman–Crippen MR) is 120 cm³/mol. The number of aliphatic imine (C=N–C) groups is 1. The molecule has 11 heteroatoms. The van der Waals surface area contributed by atoms with Crippen LogP contribution in [0.4, 0.5) is 8.78 Å². The van der Waals surface area contributed by atoms with Gasteiger partial charge in [0.25, 0.3) is 0 Å². The monoisotopic (exact) mass is 547 g/mol. The topological polar surface area (TPSA) is 81.2 Å². The highest BCUT2D eigenvalue weighted by atomic mass is 127. The van der Waals surface area contributed by atoms with Crippen molar-refractivity contribution in [3.63, 3.8) is 0 Å². The van der Waals surface area contributed by atoms with E-state index >= 15 is 0 Å². The molecule has 1 aliphatic heterocycles. The molecule has 29 heavy (non-hydrogen) atoms. The summed E-state index contributed by atoms with van der Waals surface area (Å²) in [6.45, 7) is 5.94. The van der Waals surface area contributed by atoms with Crippen LogP contribution in [0.5, 0.6) is 17.2 Å². The van der Waals surface area contributed by atoms with Crippen molar-refractivity contribution in [3.8, 4) is 17.2 Å². The second-order valence-electron chi connectivity index (χ2n) is 6.98. The standard InChI is InChI=1S/C18H27F2N3O4S.HI/c1-5-21-17(22-6-7-28(24)18(2,3)4)23-10-12-8-14-15(26-11-25-14)9-13(12)27-16(19)20;/h8-9,16H,5-7,10-11H2,1-4H3,(H2,21,22,23);1H. The SMILES string of the molecule is CCNC(=NCc1cc2c(cc1OC(F)F)OCO2)NCCS(=O)C(C)(C)C.I. The first kappa shape index (κ1) is 25.7. The quantitative estimate of drug-likeness (QED) is 0.296. The van der Waals surface area contributed by atoms with Crippen LogP contribution in [0, 0.1) is 0 Å². The molecule has 2 rings (SSSR count). The van der Waals surface area contributed by atoms with Gasteiger partial charge in [0.05, 0.1) is 6.54 Å². The van der Waals surface area contributed by atoms with Gasteiger partial charge in [0, 0.05) is 46.0 Å². The van der Waals surface area contributed by atoms with Crippen LogP contribution in [0.2, 0.25) is 0 Å². The van der Waals surface area contributed by atoms with Gasteiger partial charge in [-0.1, -0.05) is 0 Å². The third kappa shape index (κ3) is 8.11. The molecule has 1 heterocycles. The van der Waals surface area contributed by atoms with Crippen LogP contribution >= 0.6 is 24.0 Å². The molecule has 7 nitrogen and oxygen atoms in total. The molecule has 0 saturated carbocycles. The van der Waals surface area contributed by atoms with E-state index in [2.05, 4.69) is 20.4 Å². The minimum absolute atomic E-state index is 0. The van der Waals surface area contributed by atoms with Crippen molar-refractivity contribution in [2.75, 3.05) is 25.6 Å². The Hall–Kier alpha value is -1.37. The van der Waals surface area contributed by atoms with Crippen LogP contribution in [0.25, 0.3) is 0 Å². The largest absolute Gasteiger partial charge is 0.454 e. The fourth-order valence-electron chi connectivity index (χ4n) is 2.37. The summed E-state index contributed by atoms with van der Waals surface area (Å²) < 4.78 is 52.4. The van der Waals surface area contributed by atoms with Crippen LogP contribution < -0.4 is 24.8 Å². The summed E-state index contributed by atoms with van der Waals surface area (Å²) in [5.41, 5.74) is 0.444. The number of benzene rings is 1. The summed E-state index contributed by atoms with van der Waals surface area (Å²) >= 11 is 0. The molecule has 0 fully saturated rings. The fraction of sp³-hybridized carbons (Fsp3) is 0.611. The van der Waals surface area contributed by atoms with E-state index in [-0.39, 0.29) is 47.8 Å². The first-order chi connectivity index (χ1) is 13.2. The Bertz CT molecular complexity index is 730. The van der Waals surface area contributed by atoms with E-state index in [1.54, 1.807) is 6.07 Å². The average Bonchev–Trinajstić information content (AvgIpc) is 3.05. The van der Waals surface area contributed by atoms with Gasteiger partial charge in [-0.3, -0.25) is 4.21 Å².